The zero-order chi connectivity index (χ0) is 14.8. The number of pyridine rings is 1. The zero-order valence-electron chi connectivity index (χ0n) is 11.1. The molecule has 3 aromatic rings. The SMILES string of the molecule is OC(Cc1cccc(Cl)c1Cl)c1cncc2ccccc12. The van der Waals surface area contributed by atoms with Crippen LogP contribution in [0.25, 0.3) is 10.8 Å². The molecule has 0 aliphatic rings. The fourth-order valence-electron chi connectivity index (χ4n) is 2.43. The molecule has 2 aromatic carbocycles. The van der Waals surface area contributed by atoms with Crippen LogP contribution < -0.4 is 0 Å². The Labute approximate surface area is 133 Å². The van der Waals surface area contributed by atoms with Gasteiger partial charge >= 0.3 is 0 Å². The Bertz CT molecular complexity index is 783. The van der Waals surface area contributed by atoms with Crippen molar-refractivity contribution in [2.45, 2.75) is 12.5 Å². The van der Waals surface area contributed by atoms with Crippen LogP contribution in [0.2, 0.25) is 10.0 Å². The monoisotopic (exact) mass is 317 g/mol. The molecule has 21 heavy (non-hydrogen) atoms. The van der Waals surface area contributed by atoms with Crippen molar-refractivity contribution in [3.63, 3.8) is 0 Å². The van der Waals surface area contributed by atoms with Gasteiger partial charge < -0.3 is 5.11 Å². The number of hydrogen-bond donors (Lipinski definition) is 1. The van der Waals surface area contributed by atoms with Crippen molar-refractivity contribution in [2.75, 3.05) is 0 Å². The number of aliphatic hydroxyl groups is 1. The number of aromatic nitrogens is 1. The van der Waals surface area contributed by atoms with Crippen LogP contribution in [-0.2, 0) is 6.42 Å². The van der Waals surface area contributed by atoms with Gasteiger partial charge in [-0.25, -0.2) is 0 Å². The normalized spacial score (nSPS) is 12.5. The molecule has 0 radical (unpaired) electrons. The van der Waals surface area contributed by atoms with Gasteiger partial charge in [0.1, 0.15) is 0 Å². The molecule has 0 spiro atoms. The van der Waals surface area contributed by atoms with E-state index in [0.717, 1.165) is 21.9 Å². The lowest BCUT2D eigenvalue weighted by atomic mass is 9.98. The van der Waals surface area contributed by atoms with E-state index in [9.17, 15) is 5.11 Å². The summed E-state index contributed by atoms with van der Waals surface area (Å²) in [6.45, 7) is 0. The lowest BCUT2D eigenvalue weighted by Crippen LogP contribution is -2.04. The first-order valence-corrected chi connectivity index (χ1v) is 7.36. The van der Waals surface area contributed by atoms with Crippen molar-refractivity contribution in [3.05, 3.63) is 76.0 Å². The summed E-state index contributed by atoms with van der Waals surface area (Å²) in [6.07, 6.45) is 3.21. The standard InChI is InChI=1S/C17H13Cl2NO/c18-15-7-3-5-11(17(15)19)8-16(21)14-10-20-9-12-4-1-2-6-13(12)14/h1-7,9-10,16,21H,8H2. The zero-order valence-corrected chi connectivity index (χ0v) is 12.6. The molecule has 0 fully saturated rings. The largest absolute Gasteiger partial charge is 0.388 e. The third-order valence-corrected chi connectivity index (χ3v) is 4.36. The molecule has 0 saturated heterocycles. The van der Waals surface area contributed by atoms with Gasteiger partial charge in [0, 0.05) is 29.8 Å². The average molecular weight is 318 g/mol. The maximum absolute atomic E-state index is 10.5. The van der Waals surface area contributed by atoms with E-state index in [1.165, 1.54) is 0 Å². The molecule has 0 saturated carbocycles. The number of benzene rings is 2. The van der Waals surface area contributed by atoms with E-state index in [1.54, 1.807) is 18.5 Å². The summed E-state index contributed by atoms with van der Waals surface area (Å²) >= 11 is 12.2. The highest BCUT2D eigenvalue weighted by Crippen LogP contribution is 2.31. The minimum atomic E-state index is -0.681. The quantitative estimate of drug-likeness (QED) is 0.751. The van der Waals surface area contributed by atoms with Crippen LogP contribution in [0.1, 0.15) is 17.2 Å². The van der Waals surface area contributed by atoms with Crippen LogP contribution >= 0.6 is 23.2 Å². The maximum atomic E-state index is 10.5. The number of halogens is 2. The van der Waals surface area contributed by atoms with Gasteiger partial charge in [0.25, 0.3) is 0 Å². The minimum absolute atomic E-state index is 0.398. The fourth-order valence-corrected chi connectivity index (χ4v) is 2.83. The van der Waals surface area contributed by atoms with Gasteiger partial charge in [-0.3, -0.25) is 4.98 Å². The Kier molecular flexibility index (Phi) is 4.11. The van der Waals surface area contributed by atoms with Gasteiger partial charge in [-0.15, -0.1) is 0 Å². The van der Waals surface area contributed by atoms with Crippen molar-refractivity contribution in [2.24, 2.45) is 0 Å². The molecule has 1 aromatic heterocycles. The highest BCUT2D eigenvalue weighted by molar-refractivity contribution is 6.42. The highest BCUT2D eigenvalue weighted by atomic mass is 35.5. The number of aliphatic hydroxyl groups excluding tert-OH is 1. The first-order valence-electron chi connectivity index (χ1n) is 6.60. The highest BCUT2D eigenvalue weighted by Gasteiger charge is 2.15. The number of hydrogen-bond acceptors (Lipinski definition) is 2. The summed E-state index contributed by atoms with van der Waals surface area (Å²) in [6, 6.07) is 13.3. The second kappa shape index (κ2) is 6.02. The smallest absolute Gasteiger partial charge is 0.0851 e. The van der Waals surface area contributed by atoms with Gasteiger partial charge in [-0.05, 0) is 17.0 Å². The number of nitrogens with zero attached hydrogens (tertiary/aromatic N) is 1. The molecule has 1 atom stereocenters. The molecule has 0 amide bonds. The molecule has 0 bridgehead atoms. The van der Waals surface area contributed by atoms with Crippen LogP contribution in [0.4, 0.5) is 0 Å². The second-order valence-corrected chi connectivity index (χ2v) is 5.67. The summed E-state index contributed by atoms with van der Waals surface area (Å²) < 4.78 is 0. The molecule has 0 aliphatic heterocycles. The summed E-state index contributed by atoms with van der Waals surface area (Å²) in [4.78, 5) is 4.20. The molecule has 1 N–H and O–H groups in total. The molecular weight excluding hydrogens is 305 g/mol. The predicted octanol–water partition coefficient (Wildman–Crippen LogP) is 4.82. The van der Waals surface area contributed by atoms with Crippen LogP contribution in [0.3, 0.4) is 0 Å². The Balaban J connectivity index is 1.97. The first-order chi connectivity index (χ1) is 10.2. The molecule has 4 heteroatoms. The Morgan fingerprint density at radius 3 is 2.67 bits per heavy atom. The maximum Gasteiger partial charge on any atom is 0.0851 e. The summed E-state index contributed by atoms with van der Waals surface area (Å²) in [7, 11) is 0. The van der Waals surface area contributed by atoms with Crippen molar-refractivity contribution in [1.29, 1.82) is 0 Å². The first kappa shape index (κ1) is 14.3. The second-order valence-electron chi connectivity index (χ2n) is 4.88. The van der Waals surface area contributed by atoms with Crippen molar-refractivity contribution < 1.29 is 5.11 Å². The van der Waals surface area contributed by atoms with E-state index >= 15 is 0 Å². The van der Waals surface area contributed by atoms with E-state index in [2.05, 4.69) is 4.98 Å². The Hall–Kier alpha value is -1.61. The lowest BCUT2D eigenvalue weighted by Gasteiger charge is -2.14. The Morgan fingerprint density at radius 1 is 1.00 bits per heavy atom. The van der Waals surface area contributed by atoms with E-state index in [4.69, 9.17) is 23.2 Å². The van der Waals surface area contributed by atoms with E-state index in [-0.39, 0.29) is 0 Å². The third kappa shape index (κ3) is 2.88. The van der Waals surface area contributed by atoms with Crippen molar-refractivity contribution in [1.82, 2.24) is 4.98 Å². The summed E-state index contributed by atoms with van der Waals surface area (Å²) in [5, 5.41) is 13.5. The number of fused-ring (bicyclic) bond motifs is 1. The van der Waals surface area contributed by atoms with Crippen LogP contribution in [0.15, 0.2) is 54.9 Å². The van der Waals surface area contributed by atoms with Gasteiger partial charge in [0.15, 0.2) is 0 Å². The predicted molar refractivity (Wildman–Crippen MR) is 86.9 cm³/mol. The molecular formula is C17H13Cl2NO. The van der Waals surface area contributed by atoms with Gasteiger partial charge in [-0.1, -0.05) is 59.6 Å². The molecule has 106 valence electrons. The van der Waals surface area contributed by atoms with E-state index < -0.39 is 6.10 Å². The summed E-state index contributed by atoms with van der Waals surface area (Å²) in [5.74, 6) is 0. The van der Waals surface area contributed by atoms with Crippen LogP contribution in [0.5, 0.6) is 0 Å². The molecule has 2 nitrogen and oxygen atoms in total. The van der Waals surface area contributed by atoms with Crippen LogP contribution in [0, 0.1) is 0 Å². The Morgan fingerprint density at radius 2 is 1.81 bits per heavy atom. The van der Waals surface area contributed by atoms with Gasteiger partial charge in [0.2, 0.25) is 0 Å². The minimum Gasteiger partial charge on any atom is -0.388 e. The average Bonchev–Trinajstić information content (AvgIpc) is 2.51. The van der Waals surface area contributed by atoms with Crippen molar-refractivity contribution >= 4 is 34.0 Å². The van der Waals surface area contributed by atoms with Gasteiger partial charge in [-0.2, -0.15) is 0 Å². The molecule has 3 rings (SSSR count). The van der Waals surface area contributed by atoms with E-state index in [1.807, 2.05) is 36.4 Å². The third-order valence-electron chi connectivity index (χ3n) is 3.50. The molecule has 1 heterocycles. The van der Waals surface area contributed by atoms with Crippen LogP contribution in [-0.4, -0.2) is 10.1 Å². The molecule has 0 aliphatic carbocycles. The summed E-state index contributed by atoms with van der Waals surface area (Å²) in [5.41, 5.74) is 1.62. The lowest BCUT2D eigenvalue weighted by molar-refractivity contribution is 0.179. The van der Waals surface area contributed by atoms with Gasteiger partial charge in [0.05, 0.1) is 16.1 Å². The number of rotatable bonds is 3. The topological polar surface area (TPSA) is 33.1 Å². The molecule has 1 unspecified atom stereocenters. The van der Waals surface area contributed by atoms with Crippen molar-refractivity contribution in [3.8, 4) is 0 Å². The fraction of sp³-hybridized carbons (Fsp3) is 0.118. The van der Waals surface area contributed by atoms with E-state index in [0.29, 0.717) is 16.5 Å².